The molecule has 1 rings (SSSR count). The van der Waals surface area contributed by atoms with Crippen LogP contribution in [0.15, 0.2) is 0 Å². The Bertz CT molecular complexity index is 293. The maximum Gasteiger partial charge on any atom is 0.407 e. The fourth-order valence-corrected chi connectivity index (χ4v) is 2.04. The van der Waals surface area contributed by atoms with Crippen molar-refractivity contribution in [3.63, 3.8) is 0 Å². The summed E-state index contributed by atoms with van der Waals surface area (Å²) in [6, 6.07) is 0.0642. The second-order valence-electron chi connectivity index (χ2n) is 4.37. The highest BCUT2D eigenvalue weighted by molar-refractivity contribution is 6.18. The summed E-state index contributed by atoms with van der Waals surface area (Å²) < 4.78 is 9.73. The number of halogens is 1. The molecule has 19 heavy (non-hydrogen) atoms. The van der Waals surface area contributed by atoms with Gasteiger partial charge in [-0.2, -0.15) is 0 Å². The van der Waals surface area contributed by atoms with Gasteiger partial charge in [0.25, 0.3) is 0 Å². The van der Waals surface area contributed by atoms with E-state index < -0.39 is 6.09 Å². The van der Waals surface area contributed by atoms with Gasteiger partial charge in [0, 0.05) is 26.2 Å². The summed E-state index contributed by atoms with van der Waals surface area (Å²) in [4.78, 5) is 24.9. The monoisotopic (exact) mass is 292 g/mol. The first-order chi connectivity index (χ1) is 9.17. The summed E-state index contributed by atoms with van der Waals surface area (Å²) in [5, 5.41) is 2.77. The fourth-order valence-electron chi connectivity index (χ4n) is 1.96. The number of methoxy groups -OCH3 is 1. The van der Waals surface area contributed by atoms with Crippen LogP contribution in [-0.2, 0) is 14.3 Å². The van der Waals surface area contributed by atoms with Crippen LogP contribution in [0.4, 0.5) is 4.79 Å². The lowest BCUT2D eigenvalue weighted by atomic mass is 10.1. The van der Waals surface area contributed by atoms with Crippen molar-refractivity contribution in [3.8, 4) is 0 Å². The van der Waals surface area contributed by atoms with Crippen LogP contribution in [0.1, 0.15) is 19.3 Å². The lowest BCUT2D eigenvalue weighted by molar-refractivity contribution is -0.133. The van der Waals surface area contributed by atoms with Gasteiger partial charge in [0.05, 0.1) is 18.9 Å². The molecular weight excluding hydrogens is 272 g/mol. The highest BCUT2D eigenvalue weighted by Gasteiger charge is 2.23. The number of likely N-dealkylation sites (tertiary alicyclic amines) is 1. The maximum absolute atomic E-state index is 11.7. The van der Waals surface area contributed by atoms with Gasteiger partial charge in [-0.1, -0.05) is 0 Å². The van der Waals surface area contributed by atoms with Crippen LogP contribution >= 0.6 is 11.6 Å². The zero-order chi connectivity index (χ0) is 14.1. The maximum atomic E-state index is 11.7. The topological polar surface area (TPSA) is 67.9 Å². The van der Waals surface area contributed by atoms with Crippen LogP contribution in [0.25, 0.3) is 0 Å². The molecule has 2 amide bonds. The Kier molecular flexibility index (Phi) is 7.59. The SMILES string of the molecule is COCCC(=O)N1CCC(NC(=O)OCCCl)CC1. The average Bonchev–Trinajstić information content (AvgIpc) is 2.43. The molecule has 6 nitrogen and oxygen atoms in total. The van der Waals surface area contributed by atoms with E-state index in [1.807, 2.05) is 0 Å². The molecule has 0 unspecified atom stereocenters. The van der Waals surface area contributed by atoms with E-state index in [0.717, 1.165) is 12.8 Å². The molecule has 1 aliphatic heterocycles. The Morgan fingerprint density at radius 1 is 1.32 bits per heavy atom. The molecule has 1 fully saturated rings. The van der Waals surface area contributed by atoms with Gasteiger partial charge in [-0.05, 0) is 12.8 Å². The Morgan fingerprint density at radius 2 is 2.00 bits per heavy atom. The number of rotatable bonds is 6. The fraction of sp³-hybridized carbons (Fsp3) is 0.833. The highest BCUT2D eigenvalue weighted by atomic mass is 35.5. The first-order valence-corrected chi connectivity index (χ1v) is 6.96. The van der Waals surface area contributed by atoms with Gasteiger partial charge in [0.15, 0.2) is 0 Å². The average molecular weight is 293 g/mol. The van der Waals surface area contributed by atoms with Gasteiger partial charge in [0.1, 0.15) is 6.61 Å². The number of piperidine rings is 1. The van der Waals surface area contributed by atoms with Crippen molar-refractivity contribution in [1.82, 2.24) is 10.2 Å². The number of ether oxygens (including phenoxy) is 2. The quantitative estimate of drug-likeness (QED) is 0.741. The van der Waals surface area contributed by atoms with Crippen LogP contribution in [0.5, 0.6) is 0 Å². The van der Waals surface area contributed by atoms with E-state index in [-0.39, 0.29) is 18.6 Å². The van der Waals surface area contributed by atoms with Gasteiger partial charge in [-0.15, -0.1) is 11.6 Å². The molecule has 1 heterocycles. The Morgan fingerprint density at radius 3 is 2.58 bits per heavy atom. The third kappa shape index (κ3) is 6.11. The van der Waals surface area contributed by atoms with Gasteiger partial charge in [0.2, 0.25) is 5.91 Å². The van der Waals surface area contributed by atoms with Crippen LogP contribution in [0, 0.1) is 0 Å². The lowest BCUT2D eigenvalue weighted by Crippen LogP contribution is -2.46. The molecule has 0 spiro atoms. The Labute approximate surface area is 118 Å². The second kappa shape index (κ2) is 8.98. The van der Waals surface area contributed by atoms with E-state index in [1.165, 1.54) is 0 Å². The van der Waals surface area contributed by atoms with Crippen LogP contribution in [-0.4, -0.2) is 62.2 Å². The number of nitrogens with one attached hydrogen (secondary N) is 1. The molecule has 0 aromatic rings. The van der Waals surface area contributed by atoms with Gasteiger partial charge >= 0.3 is 6.09 Å². The van der Waals surface area contributed by atoms with E-state index in [1.54, 1.807) is 12.0 Å². The molecule has 0 atom stereocenters. The number of alkyl carbamates (subject to hydrolysis) is 1. The summed E-state index contributed by atoms with van der Waals surface area (Å²) in [6.45, 7) is 1.97. The van der Waals surface area contributed by atoms with E-state index in [0.29, 0.717) is 32.0 Å². The number of carbonyl (C=O) groups excluding carboxylic acids is 2. The van der Waals surface area contributed by atoms with Crippen molar-refractivity contribution in [2.75, 3.05) is 39.3 Å². The number of amides is 2. The Hall–Kier alpha value is -1.01. The minimum atomic E-state index is -0.440. The molecule has 0 bridgehead atoms. The molecule has 0 aromatic heterocycles. The van der Waals surface area contributed by atoms with Crippen molar-refractivity contribution in [2.24, 2.45) is 0 Å². The van der Waals surface area contributed by atoms with E-state index in [9.17, 15) is 9.59 Å². The number of carbonyl (C=O) groups is 2. The molecule has 0 radical (unpaired) electrons. The number of hydrogen-bond acceptors (Lipinski definition) is 4. The molecule has 7 heteroatoms. The van der Waals surface area contributed by atoms with Gasteiger partial charge in [-0.3, -0.25) is 4.79 Å². The molecule has 1 aliphatic rings. The molecule has 1 N–H and O–H groups in total. The minimum absolute atomic E-state index is 0.0642. The van der Waals surface area contributed by atoms with E-state index >= 15 is 0 Å². The molecule has 0 aliphatic carbocycles. The van der Waals surface area contributed by atoms with Crippen molar-refractivity contribution in [2.45, 2.75) is 25.3 Å². The van der Waals surface area contributed by atoms with Crippen LogP contribution in [0.2, 0.25) is 0 Å². The normalized spacial score (nSPS) is 16.2. The van der Waals surface area contributed by atoms with Crippen molar-refractivity contribution in [3.05, 3.63) is 0 Å². The zero-order valence-electron chi connectivity index (χ0n) is 11.2. The summed E-state index contributed by atoms with van der Waals surface area (Å²) >= 11 is 5.42. The lowest BCUT2D eigenvalue weighted by Gasteiger charge is -2.32. The molecule has 110 valence electrons. The first-order valence-electron chi connectivity index (χ1n) is 6.43. The van der Waals surface area contributed by atoms with Gasteiger partial charge < -0.3 is 19.7 Å². The number of alkyl halides is 1. The van der Waals surface area contributed by atoms with E-state index in [2.05, 4.69) is 5.32 Å². The largest absolute Gasteiger partial charge is 0.448 e. The molecular formula is C12H21ClN2O4. The predicted molar refractivity (Wildman–Crippen MR) is 71.3 cm³/mol. The van der Waals surface area contributed by atoms with Crippen LogP contribution in [0.3, 0.4) is 0 Å². The third-order valence-electron chi connectivity index (χ3n) is 3.00. The van der Waals surface area contributed by atoms with E-state index in [4.69, 9.17) is 21.1 Å². The van der Waals surface area contributed by atoms with Gasteiger partial charge in [-0.25, -0.2) is 4.79 Å². The molecule has 0 saturated carbocycles. The smallest absolute Gasteiger partial charge is 0.407 e. The summed E-state index contributed by atoms with van der Waals surface area (Å²) in [5.74, 6) is 0.393. The van der Waals surface area contributed by atoms with Crippen molar-refractivity contribution in [1.29, 1.82) is 0 Å². The zero-order valence-corrected chi connectivity index (χ0v) is 11.9. The molecule has 0 aromatic carbocycles. The minimum Gasteiger partial charge on any atom is -0.448 e. The standard InChI is InChI=1S/C12H21ClN2O4/c1-18-8-4-11(16)15-6-2-10(3-7-15)14-12(17)19-9-5-13/h10H,2-9H2,1H3,(H,14,17). The first kappa shape index (κ1) is 16.0. The third-order valence-corrected chi connectivity index (χ3v) is 3.15. The molecule has 1 saturated heterocycles. The second-order valence-corrected chi connectivity index (χ2v) is 4.75. The van der Waals surface area contributed by atoms with Crippen LogP contribution < -0.4 is 5.32 Å². The summed E-state index contributed by atoms with van der Waals surface area (Å²) in [5.41, 5.74) is 0. The number of hydrogen-bond donors (Lipinski definition) is 1. The summed E-state index contributed by atoms with van der Waals surface area (Å²) in [6.07, 6.45) is 1.46. The highest BCUT2D eigenvalue weighted by Crippen LogP contribution is 2.11. The summed E-state index contributed by atoms with van der Waals surface area (Å²) in [7, 11) is 1.58. The van der Waals surface area contributed by atoms with Crippen molar-refractivity contribution >= 4 is 23.6 Å². The Balaban J connectivity index is 2.21. The number of nitrogens with zero attached hydrogens (tertiary/aromatic N) is 1. The predicted octanol–water partition coefficient (Wildman–Crippen LogP) is 0.979. The van der Waals surface area contributed by atoms with Crippen molar-refractivity contribution < 1.29 is 19.1 Å².